The first-order chi connectivity index (χ1) is 20.6. The molecular weight excluding hydrogens is 583 g/mol. The molecule has 0 saturated heterocycles. The van der Waals surface area contributed by atoms with Crippen molar-refractivity contribution < 1.29 is 28.5 Å². The van der Waals surface area contributed by atoms with E-state index in [4.69, 9.17) is 9.47 Å². The quantitative estimate of drug-likeness (QED) is 0.161. The van der Waals surface area contributed by atoms with E-state index in [1.807, 2.05) is 0 Å². The fraction of sp³-hybridized carbons (Fsp3) is 0.138. The smallest absolute Gasteiger partial charge is 0.338 e. The Morgan fingerprint density at radius 3 is 2.51 bits per heavy atom. The number of nitrogens with zero attached hydrogens (tertiary/aromatic N) is 4. The van der Waals surface area contributed by atoms with E-state index in [1.54, 1.807) is 32.1 Å². The third-order valence-corrected chi connectivity index (χ3v) is 7.42. The lowest BCUT2D eigenvalue weighted by Crippen LogP contribution is -2.39. The second-order valence-corrected chi connectivity index (χ2v) is 10.2. The molecule has 0 amide bonds. The molecule has 0 aliphatic carbocycles. The fourth-order valence-corrected chi connectivity index (χ4v) is 5.59. The second-order valence-electron chi connectivity index (χ2n) is 9.19. The van der Waals surface area contributed by atoms with Crippen LogP contribution in [0.25, 0.3) is 6.08 Å². The molecule has 0 saturated carbocycles. The summed E-state index contributed by atoms with van der Waals surface area (Å²) in [5.74, 6) is -1.13. The number of hydrogen-bond donors (Lipinski definition) is 0. The molecule has 0 N–H and O–H groups in total. The monoisotopic (exact) mass is 604 g/mol. The van der Waals surface area contributed by atoms with Crippen molar-refractivity contribution in [2.24, 2.45) is 4.99 Å². The van der Waals surface area contributed by atoms with Crippen molar-refractivity contribution in [2.75, 3.05) is 6.61 Å². The van der Waals surface area contributed by atoms with Crippen molar-refractivity contribution in [3.63, 3.8) is 0 Å². The topological polar surface area (TPSA) is 156 Å². The number of nitro benzene ring substituents is 2. The van der Waals surface area contributed by atoms with Gasteiger partial charge < -0.3 is 9.47 Å². The Morgan fingerprint density at radius 1 is 1.09 bits per heavy atom. The average molecular weight is 605 g/mol. The number of esters is 1. The predicted molar refractivity (Wildman–Crippen MR) is 153 cm³/mol. The Kier molecular flexibility index (Phi) is 7.94. The van der Waals surface area contributed by atoms with Crippen molar-refractivity contribution in [3.8, 4) is 11.5 Å². The average Bonchev–Trinajstić information content (AvgIpc) is 3.26. The zero-order chi connectivity index (χ0) is 30.8. The van der Waals surface area contributed by atoms with Crippen LogP contribution in [0.4, 0.5) is 15.8 Å². The van der Waals surface area contributed by atoms with Crippen molar-refractivity contribution in [1.82, 2.24) is 4.57 Å². The molecule has 1 atom stereocenters. The summed E-state index contributed by atoms with van der Waals surface area (Å²) in [7, 11) is 0. The van der Waals surface area contributed by atoms with Crippen LogP contribution in [-0.2, 0) is 9.53 Å². The Balaban J connectivity index is 1.57. The molecule has 0 radical (unpaired) electrons. The Hall–Kier alpha value is -5.50. The van der Waals surface area contributed by atoms with Crippen LogP contribution >= 0.6 is 11.3 Å². The number of thiazole rings is 1. The molecule has 43 heavy (non-hydrogen) atoms. The highest BCUT2D eigenvalue weighted by atomic mass is 32.1. The van der Waals surface area contributed by atoms with Gasteiger partial charge in [-0.25, -0.2) is 14.2 Å². The van der Waals surface area contributed by atoms with Crippen LogP contribution in [0.5, 0.6) is 11.5 Å². The van der Waals surface area contributed by atoms with E-state index in [9.17, 15) is 34.2 Å². The van der Waals surface area contributed by atoms with Crippen LogP contribution in [0.3, 0.4) is 0 Å². The second kappa shape index (κ2) is 11.8. The summed E-state index contributed by atoms with van der Waals surface area (Å²) in [4.78, 5) is 52.6. The number of allylic oxidation sites excluding steroid dienone is 1. The minimum absolute atomic E-state index is 0.109. The molecular formula is C29H21FN4O8S. The summed E-state index contributed by atoms with van der Waals surface area (Å²) in [5.41, 5.74) is 0.0290. The van der Waals surface area contributed by atoms with Crippen LogP contribution in [0.15, 0.2) is 87.8 Å². The Bertz CT molecular complexity index is 2000. The third-order valence-electron chi connectivity index (χ3n) is 6.44. The maximum absolute atomic E-state index is 13.8. The standard InChI is InChI=1S/C29H21FN4O8S/c1-3-41-28(36)25-16(2)31-29-32(26(25)18-7-9-19(30)10-8-18)27(35)24(43-29)14-17-5-4-6-21(13-17)42-23-12-11-20(33(37)38)15-22(23)34(39)40/h4-15,26H,3H2,1-2H3/b24-14+/t26-/m1/s1. The molecule has 14 heteroatoms. The number of halogens is 1. The number of aromatic nitrogens is 1. The van der Waals surface area contributed by atoms with Gasteiger partial charge in [-0.3, -0.25) is 29.6 Å². The van der Waals surface area contributed by atoms with Gasteiger partial charge in [0, 0.05) is 6.07 Å². The van der Waals surface area contributed by atoms with E-state index < -0.39 is 44.6 Å². The fourth-order valence-electron chi connectivity index (χ4n) is 4.55. The molecule has 1 aliphatic rings. The summed E-state index contributed by atoms with van der Waals surface area (Å²) in [6.07, 6.45) is 1.58. The van der Waals surface area contributed by atoms with Gasteiger partial charge in [0.15, 0.2) is 4.80 Å². The number of ether oxygens (including phenoxy) is 2. The van der Waals surface area contributed by atoms with Gasteiger partial charge in [0.2, 0.25) is 5.75 Å². The molecule has 12 nitrogen and oxygen atoms in total. The first kappa shape index (κ1) is 29.0. The van der Waals surface area contributed by atoms with Crippen LogP contribution in [0.2, 0.25) is 0 Å². The first-order valence-corrected chi connectivity index (χ1v) is 13.5. The maximum Gasteiger partial charge on any atom is 0.338 e. The van der Waals surface area contributed by atoms with Gasteiger partial charge in [-0.05, 0) is 61.4 Å². The van der Waals surface area contributed by atoms with Crippen LogP contribution in [0.1, 0.15) is 31.0 Å². The lowest BCUT2D eigenvalue weighted by atomic mass is 9.96. The molecule has 0 fully saturated rings. The Morgan fingerprint density at radius 2 is 1.84 bits per heavy atom. The number of carbonyl (C=O) groups excluding carboxylic acids is 1. The SMILES string of the molecule is CCOC(=O)C1=C(C)N=c2s/c(=C/c3cccc(Oc4ccc([N+](=O)[O-])cc4[N+](=O)[O-])c3)c(=O)n2[C@@H]1c1ccc(F)cc1. The number of nitro groups is 2. The van der Waals surface area contributed by atoms with E-state index in [1.165, 1.54) is 41.0 Å². The van der Waals surface area contributed by atoms with Crippen molar-refractivity contribution in [2.45, 2.75) is 19.9 Å². The molecule has 1 aliphatic heterocycles. The van der Waals surface area contributed by atoms with E-state index in [0.717, 1.165) is 29.5 Å². The van der Waals surface area contributed by atoms with Crippen LogP contribution in [0, 0.1) is 26.0 Å². The highest BCUT2D eigenvalue weighted by Gasteiger charge is 2.33. The molecule has 2 heterocycles. The van der Waals surface area contributed by atoms with Gasteiger partial charge in [0.1, 0.15) is 11.6 Å². The zero-order valence-corrected chi connectivity index (χ0v) is 23.4. The minimum Gasteiger partial charge on any atom is -0.463 e. The van der Waals surface area contributed by atoms with Gasteiger partial charge in [0.25, 0.3) is 11.2 Å². The van der Waals surface area contributed by atoms with E-state index in [0.29, 0.717) is 21.6 Å². The van der Waals surface area contributed by atoms with Gasteiger partial charge in [0.05, 0.1) is 44.4 Å². The van der Waals surface area contributed by atoms with Crippen molar-refractivity contribution in [3.05, 3.63) is 135 Å². The third kappa shape index (κ3) is 5.81. The van der Waals surface area contributed by atoms with Gasteiger partial charge in [-0.2, -0.15) is 0 Å². The molecule has 0 bridgehead atoms. The number of non-ortho nitro benzene ring substituents is 1. The largest absolute Gasteiger partial charge is 0.463 e. The van der Waals surface area contributed by atoms with Gasteiger partial charge >= 0.3 is 11.7 Å². The molecule has 218 valence electrons. The number of fused-ring (bicyclic) bond motifs is 1. The molecule has 0 unspecified atom stereocenters. The summed E-state index contributed by atoms with van der Waals surface area (Å²) in [6, 6.07) is 14.0. The summed E-state index contributed by atoms with van der Waals surface area (Å²) in [5, 5.41) is 22.5. The number of benzene rings is 3. The first-order valence-electron chi connectivity index (χ1n) is 12.7. The van der Waals surface area contributed by atoms with E-state index in [2.05, 4.69) is 4.99 Å². The lowest BCUT2D eigenvalue weighted by molar-refractivity contribution is -0.394. The number of rotatable bonds is 8. The number of hydrogen-bond acceptors (Lipinski definition) is 10. The van der Waals surface area contributed by atoms with Gasteiger partial charge in [-0.1, -0.05) is 35.6 Å². The minimum atomic E-state index is -0.907. The van der Waals surface area contributed by atoms with E-state index in [-0.39, 0.29) is 28.2 Å². The molecule has 0 spiro atoms. The Labute approximate surface area is 245 Å². The lowest BCUT2D eigenvalue weighted by Gasteiger charge is -2.24. The molecule has 1 aromatic heterocycles. The van der Waals surface area contributed by atoms with Crippen molar-refractivity contribution in [1.29, 1.82) is 0 Å². The van der Waals surface area contributed by atoms with E-state index >= 15 is 0 Å². The molecule has 3 aromatic carbocycles. The molecule has 5 rings (SSSR count). The van der Waals surface area contributed by atoms with Crippen LogP contribution in [-0.4, -0.2) is 27.0 Å². The normalized spacial score (nSPS) is 14.6. The molecule has 4 aromatic rings. The van der Waals surface area contributed by atoms with Gasteiger partial charge in [-0.15, -0.1) is 0 Å². The number of carbonyl (C=O) groups is 1. The maximum atomic E-state index is 13.8. The summed E-state index contributed by atoms with van der Waals surface area (Å²) >= 11 is 1.08. The summed E-state index contributed by atoms with van der Waals surface area (Å²) < 4.78 is 26.3. The highest BCUT2D eigenvalue weighted by Crippen LogP contribution is 2.35. The summed E-state index contributed by atoms with van der Waals surface area (Å²) in [6.45, 7) is 3.41. The zero-order valence-electron chi connectivity index (χ0n) is 22.6. The van der Waals surface area contributed by atoms with Crippen LogP contribution < -0.4 is 19.6 Å². The predicted octanol–water partition coefficient (Wildman–Crippen LogP) is 4.55. The highest BCUT2D eigenvalue weighted by molar-refractivity contribution is 7.07. The van der Waals surface area contributed by atoms with Crippen molar-refractivity contribution >= 4 is 34.8 Å².